The third-order valence-corrected chi connectivity index (χ3v) is 5.61. The lowest BCUT2D eigenvalue weighted by Crippen LogP contribution is -2.31. The molecule has 3 rings (SSSR count). The number of Topliss-reactive ketones (excluding diaryl/α,β-unsaturated/α-hetero) is 1. The van der Waals surface area contributed by atoms with Crippen molar-refractivity contribution in [3.8, 4) is 5.75 Å². The fourth-order valence-electron chi connectivity index (χ4n) is 3.91. The van der Waals surface area contributed by atoms with Crippen molar-refractivity contribution in [1.82, 2.24) is 4.90 Å². The van der Waals surface area contributed by atoms with E-state index < -0.39 is 17.7 Å². The maximum absolute atomic E-state index is 13.1. The number of hydrogen-bond acceptors (Lipinski definition) is 5. The van der Waals surface area contributed by atoms with Crippen LogP contribution in [0.25, 0.3) is 5.76 Å². The van der Waals surface area contributed by atoms with Crippen LogP contribution in [0.5, 0.6) is 5.75 Å². The van der Waals surface area contributed by atoms with Gasteiger partial charge in [0.2, 0.25) is 0 Å². The molecule has 1 aliphatic heterocycles. The van der Waals surface area contributed by atoms with Crippen molar-refractivity contribution in [2.75, 3.05) is 20.3 Å². The van der Waals surface area contributed by atoms with Gasteiger partial charge in [0.05, 0.1) is 17.7 Å². The molecule has 1 N–H and O–H groups in total. The summed E-state index contributed by atoms with van der Waals surface area (Å²) in [5.74, 6) is -0.822. The first-order valence-corrected chi connectivity index (χ1v) is 10.9. The van der Waals surface area contributed by atoms with Gasteiger partial charge in [-0.25, -0.2) is 0 Å². The van der Waals surface area contributed by atoms with Crippen LogP contribution in [0.3, 0.4) is 0 Å². The molecule has 1 unspecified atom stereocenters. The zero-order valence-corrected chi connectivity index (χ0v) is 19.3. The number of aryl methyl sites for hydroxylation is 2. The van der Waals surface area contributed by atoms with E-state index in [9.17, 15) is 14.7 Å². The topological polar surface area (TPSA) is 76.1 Å². The highest BCUT2D eigenvalue weighted by molar-refractivity contribution is 6.46. The van der Waals surface area contributed by atoms with E-state index >= 15 is 0 Å². The third kappa shape index (κ3) is 4.86. The van der Waals surface area contributed by atoms with Crippen molar-refractivity contribution in [2.45, 2.75) is 46.3 Å². The Bertz CT molecular complexity index is 1040. The summed E-state index contributed by atoms with van der Waals surface area (Å²) < 4.78 is 11.0. The second-order valence-electron chi connectivity index (χ2n) is 8.38. The molecule has 1 heterocycles. The third-order valence-electron chi connectivity index (χ3n) is 5.61. The average Bonchev–Trinajstić information content (AvgIpc) is 3.00. The van der Waals surface area contributed by atoms with E-state index in [0.717, 1.165) is 11.1 Å². The van der Waals surface area contributed by atoms with Crippen LogP contribution in [0.4, 0.5) is 0 Å². The lowest BCUT2D eigenvalue weighted by molar-refractivity contribution is -0.140. The molecule has 32 heavy (non-hydrogen) atoms. The van der Waals surface area contributed by atoms with Crippen LogP contribution in [-0.4, -0.2) is 48.1 Å². The minimum atomic E-state index is -0.704. The van der Waals surface area contributed by atoms with E-state index in [4.69, 9.17) is 9.47 Å². The summed E-state index contributed by atoms with van der Waals surface area (Å²) in [6.45, 7) is 8.59. The van der Waals surface area contributed by atoms with Crippen LogP contribution in [0, 0.1) is 13.8 Å². The zero-order chi connectivity index (χ0) is 23.4. The SMILES string of the molecule is COCCCN1C(=O)C(=O)/C(=C(\O)c2ccc(C)c(C)c2)C1c1cccc(OC(C)C)c1. The standard InChI is InChI=1S/C26H31NO5/c1-16(2)32-21-9-6-8-19(15-21)23-22(24(28)20-11-10-17(3)18(4)14-20)25(29)26(30)27(23)12-7-13-31-5/h6,8-11,14-16,23,28H,7,12-13H2,1-5H3/b24-22-. The zero-order valence-electron chi connectivity index (χ0n) is 19.3. The number of ketones is 1. The molecule has 2 aromatic rings. The van der Waals surface area contributed by atoms with Gasteiger partial charge in [-0.2, -0.15) is 0 Å². The Balaban J connectivity index is 2.14. The fraction of sp³-hybridized carbons (Fsp3) is 0.385. The number of benzene rings is 2. The molecule has 6 nitrogen and oxygen atoms in total. The van der Waals surface area contributed by atoms with Gasteiger partial charge in [0.1, 0.15) is 11.5 Å². The molecule has 170 valence electrons. The summed E-state index contributed by atoms with van der Waals surface area (Å²) in [6, 6.07) is 12.1. The Hall–Kier alpha value is -3.12. The molecule has 0 aliphatic carbocycles. The largest absolute Gasteiger partial charge is 0.507 e. The molecule has 0 saturated carbocycles. The van der Waals surface area contributed by atoms with Gasteiger partial charge in [-0.15, -0.1) is 0 Å². The normalized spacial score (nSPS) is 17.9. The van der Waals surface area contributed by atoms with Gasteiger partial charge in [-0.3, -0.25) is 9.59 Å². The second-order valence-corrected chi connectivity index (χ2v) is 8.38. The first kappa shape index (κ1) is 23.5. The summed E-state index contributed by atoms with van der Waals surface area (Å²) in [5, 5.41) is 11.2. The molecule has 0 radical (unpaired) electrons. The quantitative estimate of drug-likeness (QED) is 0.284. The van der Waals surface area contributed by atoms with Crippen molar-refractivity contribution in [3.05, 3.63) is 70.3 Å². The van der Waals surface area contributed by atoms with Crippen molar-refractivity contribution in [1.29, 1.82) is 0 Å². The summed E-state index contributed by atoms with van der Waals surface area (Å²) in [5.41, 5.74) is 3.40. The Kier molecular flexibility index (Phi) is 7.36. The molecule has 0 bridgehead atoms. The number of carbonyl (C=O) groups is 2. The number of aliphatic hydroxyl groups excluding tert-OH is 1. The monoisotopic (exact) mass is 437 g/mol. The minimum absolute atomic E-state index is 0.0196. The fourth-order valence-corrected chi connectivity index (χ4v) is 3.91. The van der Waals surface area contributed by atoms with E-state index in [0.29, 0.717) is 36.4 Å². The predicted molar refractivity (Wildman–Crippen MR) is 124 cm³/mol. The van der Waals surface area contributed by atoms with Crippen LogP contribution in [0.1, 0.15) is 48.6 Å². The highest BCUT2D eigenvalue weighted by atomic mass is 16.5. The molecular formula is C26H31NO5. The molecule has 6 heteroatoms. The molecule has 1 amide bonds. The van der Waals surface area contributed by atoms with Crippen molar-refractivity contribution >= 4 is 17.4 Å². The Labute approximate surface area is 189 Å². The molecule has 0 aromatic heterocycles. The summed E-state index contributed by atoms with van der Waals surface area (Å²) in [7, 11) is 1.60. The van der Waals surface area contributed by atoms with Crippen LogP contribution in [0.2, 0.25) is 0 Å². The minimum Gasteiger partial charge on any atom is -0.507 e. The maximum atomic E-state index is 13.1. The number of amides is 1. The van der Waals surface area contributed by atoms with Gasteiger partial charge in [-0.1, -0.05) is 24.3 Å². The van der Waals surface area contributed by atoms with Crippen LogP contribution in [-0.2, 0) is 14.3 Å². The summed E-state index contributed by atoms with van der Waals surface area (Å²) in [4.78, 5) is 27.6. The molecule has 0 spiro atoms. The summed E-state index contributed by atoms with van der Waals surface area (Å²) in [6.07, 6.45) is 0.556. The highest BCUT2D eigenvalue weighted by Gasteiger charge is 2.45. The number of hydrogen-bond donors (Lipinski definition) is 1. The van der Waals surface area contributed by atoms with Gasteiger partial charge in [0.25, 0.3) is 11.7 Å². The first-order chi connectivity index (χ1) is 15.2. The Morgan fingerprint density at radius 2 is 1.84 bits per heavy atom. The van der Waals surface area contributed by atoms with E-state index in [1.165, 1.54) is 4.90 Å². The Morgan fingerprint density at radius 3 is 2.50 bits per heavy atom. The predicted octanol–water partition coefficient (Wildman–Crippen LogP) is 4.55. The lowest BCUT2D eigenvalue weighted by Gasteiger charge is -2.26. The van der Waals surface area contributed by atoms with Crippen LogP contribution < -0.4 is 4.74 Å². The van der Waals surface area contributed by atoms with Gasteiger partial charge in [0.15, 0.2) is 0 Å². The van der Waals surface area contributed by atoms with Gasteiger partial charge in [0, 0.05) is 25.8 Å². The number of likely N-dealkylation sites (tertiary alicyclic amines) is 1. The second kappa shape index (κ2) is 10.0. The van der Waals surface area contributed by atoms with Gasteiger partial charge < -0.3 is 19.5 Å². The highest BCUT2D eigenvalue weighted by Crippen LogP contribution is 2.40. The molecule has 2 aromatic carbocycles. The Morgan fingerprint density at radius 1 is 1.09 bits per heavy atom. The van der Waals surface area contributed by atoms with Gasteiger partial charge >= 0.3 is 0 Å². The van der Waals surface area contributed by atoms with E-state index in [1.807, 2.05) is 64.1 Å². The maximum Gasteiger partial charge on any atom is 0.295 e. The molecule has 1 fully saturated rings. The number of rotatable bonds is 8. The average molecular weight is 438 g/mol. The van der Waals surface area contributed by atoms with Crippen LogP contribution in [0.15, 0.2) is 48.0 Å². The van der Waals surface area contributed by atoms with E-state index in [2.05, 4.69) is 0 Å². The van der Waals surface area contributed by atoms with Gasteiger partial charge in [-0.05, 0) is 69.0 Å². The molecule has 1 saturated heterocycles. The number of carbonyl (C=O) groups excluding carboxylic acids is 2. The summed E-state index contributed by atoms with van der Waals surface area (Å²) >= 11 is 0. The molecular weight excluding hydrogens is 406 g/mol. The number of nitrogens with zero attached hydrogens (tertiary/aromatic N) is 1. The number of aliphatic hydroxyl groups is 1. The van der Waals surface area contributed by atoms with E-state index in [-0.39, 0.29) is 17.4 Å². The van der Waals surface area contributed by atoms with E-state index in [1.54, 1.807) is 13.2 Å². The van der Waals surface area contributed by atoms with Crippen molar-refractivity contribution < 1.29 is 24.2 Å². The number of methoxy groups -OCH3 is 1. The molecule has 1 aliphatic rings. The molecule has 1 atom stereocenters. The lowest BCUT2D eigenvalue weighted by atomic mass is 9.94. The smallest absolute Gasteiger partial charge is 0.295 e. The van der Waals surface area contributed by atoms with Crippen molar-refractivity contribution in [3.63, 3.8) is 0 Å². The van der Waals surface area contributed by atoms with Crippen molar-refractivity contribution in [2.24, 2.45) is 0 Å². The van der Waals surface area contributed by atoms with Crippen LogP contribution >= 0.6 is 0 Å². The first-order valence-electron chi connectivity index (χ1n) is 10.9. The number of ether oxygens (including phenoxy) is 2.